The molecule has 4 rings (SSSR count). The minimum atomic E-state index is 0.493. The highest BCUT2D eigenvalue weighted by molar-refractivity contribution is 5.99. The monoisotopic (exact) mass is 253 g/mol. The third kappa shape index (κ3) is 1.69. The van der Waals surface area contributed by atoms with Crippen LogP contribution in [0.5, 0.6) is 0 Å². The Kier molecular flexibility index (Phi) is 2.43. The third-order valence-corrected chi connectivity index (χ3v) is 4.00. The Morgan fingerprint density at radius 2 is 1.79 bits per heavy atom. The molecule has 0 aliphatic heterocycles. The highest BCUT2D eigenvalue weighted by Crippen LogP contribution is 2.30. The lowest BCUT2D eigenvalue weighted by Crippen LogP contribution is -2.14. The molecule has 0 unspecified atom stereocenters. The second-order valence-corrected chi connectivity index (χ2v) is 5.18. The summed E-state index contributed by atoms with van der Waals surface area (Å²) in [6.07, 6.45) is 9.76. The van der Waals surface area contributed by atoms with Gasteiger partial charge in [0.05, 0.1) is 17.1 Å². The van der Waals surface area contributed by atoms with E-state index in [0.29, 0.717) is 6.04 Å². The molecule has 3 aromatic rings. The SMILES string of the molecule is c1cnc2c(ccc3c2nnn3C2CCCCC2)n1. The summed E-state index contributed by atoms with van der Waals surface area (Å²) in [5, 5.41) is 8.70. The molecule has 2 heterocycles. The molecule has 0 amide bonds. The van der Waals surface area contributed by atoms with Gasteiger partial charge in [-0.05, 0) is 25.0 Å². The van der Waals surface area contributed by atoms with E-state index in [0.717, 1.165) is 22.1 Å². The zero-order valence-electron chi connectivity index (χ0n) is 10.7. The summed E-state index contributed by atoms with van der Waals surface area (Å²) in [5.41, 5.74) is 3.68. The smallest absolute Gasteiger partial charge is 0.141 e. The maximum absolute atomic E-state index is 4.39. The lowest BCUT2D eigenvalue weighted by molar-refractivity contribution is 0.331. The normalized spacial score (nSPS) is 17.3. The van der Waals surface area contributed by atoms with Crippen molar-refractivity contribution in [2.75, 3.05) is 0 Å². The molecular formula is C14H15N5. The van der Waals surface area contributed by atoms with Crippen molar-refractivity contribution in [3.05, 3.63) is 24.5 Å². The number of hydrogen-bond acceptors (Lipinski definition) is 4. The molecule has 5 heteroatoms. The predicted molar refractivity (Wildman–Crippen MR) is 72.7 cm³/mol. The Morgan fingerprint density at radius 3 is 2.68 bits per heavy atom. The highest BCUT2D eigenvalue weighted by Gasteiger charge is 2.19. The van der Waals surface area contributed by atoms with Gasteiger partial charge in [0.2, 0.25) is 0 Å². The van der Waals surface area contributed by atoms with Gasteiger partial charge >= 0.3 is 0 Å². The number of fused-ring (bicyclic) bond motifs is 3. The van der Waals surface area contributed by atoms with Crippen LogP contribution in [0.2, 0.25) is 0 Å². The van der Waals surface area contributed by atoms with Crippen LogP contribution in [0.3, 0.4) is 0 Å². The fourth-order valence-electron chi connectivity index (χ4n) is 3.03. The van der Waals surface area contributed by atoms with Crippen molar-refractivity contribution in [3.8, 4) is 0 Å². The van der Waals surface area contributed by atoms with E-state index in [-0.39, 0.29) is 0 Å². The molecule has 1 aliphatic rings. The van der Waals surface area contributed by atoms with Gasteiger partial charge in [0.1, 0.15) is 11.0 Å². The molecule has 0 radical (unpaired) electrons. The molecular weight excluding hydrogens is 238 g/mol. The molecule has 0 saturated heterocycles. The van der Waals surface area contributed by atoms with Crippen molar-refractivity contribution in [3.63, 3.8) is 0 Å². The maximum atomic E-state index is 4.39. The Labute approximate surface area is 110 Å². The van der Waals surface area contributed by atoms with E-state index in [4.69, 9.17) is 0 Å². The van der Waals surface area contributed by atoms with Crippen LogP contribution >= 0.6 is 0 Å². The average Bonchev–Trinajstić information content (AvgIpc) is 2.92. The molecule has 0 atom stereocenters. The van der Waals surface area contributed by atoms with Gasteiger partial charge < -0.3 is 0 Å². The molecule has 1 fully saturated rings. The number of hydrogen-bond donors (Lipinski definition) is 0. The standard InChI is InChI=1S/C14H15N5/c1-2-4-10(5-3-1)19-12-7-6-11-13(14(12)17-18-19)16-9-8-15-11/h6-10H,1-5H2. The minimum absolute atomic E-state index is 0.493. The van der Waals surface area contributed by atoms with Gasteiger partial charge in [-0.3, -0.25) is 9.97 Å². The van der Waals surface area contributed by atoms with Gasteiger partial charge in [0.15, 0.2) is 0 Å². The minimum Gasteiger partial charge on any atom is -0.253 e. The summed E-state index contributed by atoms with van der Waals surface area (Å²) in [4.78, 5) is 8.70. The van der Waals surface area contributed by atoms with Crippen LogP contribution in [0.25, 0.3) is 22.1 Å². The Bertz CT molecular complexity index is 727. The molecule has 96 valence electrons. The van der Waals surface area contributed by atoms with Crippen LogP contribution in [-0.2, 0) is 0 Å². The van der Waals surface area contributed by atoms with Crippen LogP contribution in [0.4, 0.5) is 0 Å². The summed E-state index contributed by atoms with van der Waals surface area (Å²) < 4.78 is 2.09. The number of rotatable bonds is 1. The van der Waals surface area contributed by atoms with E-state index in [2.05, 4.69) is 31.0 Å². The highest BCUT2D eigenvalue weighted by atomic mass is 15.4. The van der Waals surface area contributed by atoms with E-state index in [9.17, 15) is 0 Å². The number of aromatic nitrogens is 5. The molecule has 5 nitrogen and oxygen atoms in total. The van der Waals surface area contributed by atoms with Crippen molar-refractivity contribution in [1.29, 1.82) is 0 Å². The van der Waals surface area contributed by atoms with Gasteiger partial charge in [-0.15, -0.1) is 5.10 Å². The van der Waals surface area contributed by atoms with Gasteiger partial charge in [-0.1, -0.05) is 24.5 Å². The molecule has 1 aromatic carbocycles. The fourth-order valence-corrected chi connectivity index (χ4v) is 3.03. The molecule has 1 aliphatic carbocycles. The van der Waals surface area contributed by atoms with Crippen molar-refractivity contribution in [1.82, 2.24) is 25.0 Å². The predicted octanol–water partition coefficient (Wildman–Crippen LogP) is 2.88. The van der Waals surface area contributed by atoms with Crippen LogP contribution in [0.15, 0.2) is 24.5 Å². The van der Waals surface area contributed by atoms with Crippen LogP contribution in [-0.4, -0.2) is 25.0 Å². The molecule has 0 spiro atoms. The second kappa shape index (κ2) is 4.26. The first-order valence-electron chi connectivity index (χ1n) is 6.88. The average molecular weight is 253 g/mol. The van der Waals surface area contributed by atoms with E-state index in [1.165, 1.54) is 32.1 Å². The van der Waals surface area contributed by atoms with Crippen LogP contribution < -0.4 is 0 Å². The topological polar surface area (TPSA) is 56.5 Å². The quantitative estimate of drug-likeness (QED) is 0.669. The Balaban J connectivity index is 1.91. The van der Waals surface area contributed by atoms with Crippen LogP contribution in [0.1, 0.15) is 38.1 Å². The largest absolute Gasteiger partial charge is 0.253 e. The number of nitrogens with zero attached hydrogens (tertiary/aromatic N) is 5. The van der Waals surface area contributed by atoms with Crippen LogP contribution in [0, 0.1) is 0 Å². The van der Waals surface area contributed by atoms with Crippen molar-refractivity contribution in [2.45, 2.75) is 38.1 Å². The maximum Gasteiger partial charge on any atom is 0.141 e. The van der Waals surface area contributed by atoms with E-state index in [1.807, 2.05) is 6.07 Å². The van der Waals surface area contributed by atoms with Crippen molar-refractivity contribution in [2.24, 2.45) is 0 Å². The molecule has 1 saturated carbocycles. The lowest BCUT2D eigenvalue weighted by Gasteiger charge is -2.21. The number of benzene rings is 1. The summed E-state index contributed by atoms with van der Waals surface area (Å²) >= 11 is 0. The zero-order valence-corrected chi connectivity index (χ0v) is 10.7. The molecule has 19 heavy (non-hydrogen) atoms. The van der Waals surface area contributed by atoms with Crippen molar-refractivity contribution < 1.29 is 0 Å². The van der Waals surface area contributed by atoms with E-state index < -0.39 is 0 Å². The Hall–Kier alpha value is -2.04. The first-order valence-corrected chi connectivity index (χ1v) is 6.88. The van der Waals surface area contributed by atoms with E-state index >= 15 is 0 Å². The van der Waals surface area contributed by atoms with Gasteiger partial charge in [-0.25, -0.2) is 4.68 Å². The van der Waals surface area contributed by atoms with Gasteiger partial charge in [0, 0.05) is 12.4 Å². The summed E-state index contributed by atoms with van der Waals surface area (Å²) in [6.45, 7) is 0. The molecule has 2 aromatic heterocycles. The zero-order chi connectivity index (χ0) is 12.7. The summed E-state index contributed by atoms with van der Waals surface area (Å²) in [6, 6.07) is 4.57. The first kappa shape index (κ1) is 10.8. The summed E-state index contributed by atoms with van der Waals surface area (Å²) in [5.74, 6) is 0. The van der Waals surface area contributed by atoms with Gasteiger partial charge in [0.25, 0.3) is 0 Å². The van der Waals surface area contributed by atoms with Crippen molar-refractivity contribution >= 4 is 22.1 Å². The second-order valence-electron chi connectivity index (χ2n) is 5.18. The lowest BCUT2D eigenvalue weighted by atomic mass is 9.95. The first-order chi connectivity index (χ1) is 9.43. The molecule has 0 N–H and O–H groups in total. The Morgan fingerprint density at radius 1 is 0.947 bits per heavy atom. The third-order valence-electron chi connectivity index (χ3n) is 4.00. The fraction of sp³-hybridized carbons (Fsp3) is 0.429. The summed E-state index contributed by atoms with van der Waals surface area (Å²) in [7, 11) is 0. The van der Waals surface area contributed by atoms with Gasteiger partial charge in [-0.2, -0.15) is 0 Å². The van der Waals surface area contributed by atoms with E-state index in [1.54, 1.807) is 12.4 Å². The molecule has 0 bridgehead atoms.